The van der Waals surface area contributed by atoms with E-state index in [-0.39, 0.29) is 5.82 Å². The minimum Gasteiger partial charge on any atom is -0.380 e. The van der Waals surface area contributed by atoms with Gasteiger partial charge in [0.05, 0.1) is 11.3 Å². The first-order valence-electron chi connectivity index (χ1n) is 5.28. The van der Waals surface area contributed by atoms with Crippen molar-refractivity contribution in [2.45, 2.75) is 24.6 Å². The zero-order valence-corrected chi connectivity index (χ0v) is 9.85. The van der Waals surface area contributed by atoms with Crippen LogP contribution in [0.3, 0.4) is 0 Å². The van der Waals surface area contributed by atoms with Gasteiger partial charge in [-0.25, -0.2) is 4.39 Å². The number of nitrogens with one attached hydrogen (secondary N) is 1. The Morgan fingerprint density at radius 2 is 2.38 bits per heavy atom. The van der Waals surface area contributed by atoms with Gasteiger partial charge in [0.15, 0.2) is 0 Å². The molecule has 0 spiro atoms. The molecule has 0 saturated carbocycles. The number of hydrogen-bond donors (Lipinski definition) is 1. The number of nitrogens with zero attached hydrogens (tertiary/aromatic N) is 1. The second-order valence-corrected chi connectivity index (χ2v) is 5.40. The number of hydrogen-bond acceptors (Lipinski definition) is 3. The van der Waals surface area contributed by atoms with Crippen LogP contribution in [0.4, 0.5) is 10.1 Å². The average molecular weight is 236 g/mol. The highest BCUT2D eigenvalue weighted by atomic mass is 32.2. The van der Waals surface area contributed by atoms with Crippen molar-refractivity contribution in [2.24, 2.45) is 0 Å². The summed E-state index contributed by atoms with van der Waals surface area (Å²) in [7, 11) is 0. The van der Waals surface area contributed by atoms with Crippen molar-refractivity contribution in [3.8, 4) is 6.07 Å². The van der Waals surface area contributed by atoms with Crippen LogP contribution in [0.15, 0.2) is 18.2 Å². The third-order valence-electron chi connectivity index (χ3n) is 2.82. The van der Waals surface area contributed by atoms with Gasteiger partial charge in [0.2, 0.25) is 0 Å². The van der Waals surface area contributed by atoms with Gasteiger partial charge in [-0.3, -0.25) is 0 Å². The molecule has 2 atom stereocenters. The maximum Gasteiger partial charge on any atom is 0.124 e. The van der Waals surface area contributed by atoms with Gasteiger partial charge < -0.3 is 5.32 Å². The van der Waals surface area contributed by atoms with Gasteiger partial charge in [0, 0.05) is 11.3 Å². The molecule has 0 amide bonds. The summed E-state index contributed by atoms with van der Waals surface area (Å²) in [6.45, 7) is 2.17. The topological polar surface area (TPSA) is 35.8 Å². The van der Waals surface area contributed by atoms with Crippen LogP contribution in [-0.4, -0.2) is 17.0 Å². The van der Waals surface area contributed by atoms with Gasteiger partial charge in [-0.15, -0.1) is 0 Å². The van der Waals surface area contributed by atoms with E-state index in [0.29, 0.717) is 16.9 Å². The van der Waals surface area contributed by atoms with Gasteiger partial charge in [-0.2, -0.15) is 17.0 Å². The van der Waals surface area contributed by atoms with E-state index in [1.807, 2.05) is 17.8 Å². The maximum atomic E-state index is 12.9. The Balaban J connectivity index is 2.18. The van der Waals surface area contributed by atoms with Crippen LogP contribution in [0, 0.1) is 17.1 Å². The van der Waals surface area contributed by atoms with Gasteiger partial charge in [-0.05, 0) is 30.4 Å². The van der Waals surface area contributed by atoms with Crippen LogP contribution < -0.4 is 5.32 Å². The summed E-state index contributed by atoms with van der Waals surface area (Å²) in [6.07, 6.45) is 1.09. The van der Waals surface area contributed by atoms with E-state index in [9.17, 15) is 4.39 Å². The first-order chi connectivity index (χ1) is 7.70. The van der Waals surface area contributed by atoms with Gasteiger partial charge in [-0.1, -0.05) is 6.92 Å². The molecular weight excluding hydrogens is 223 g/mol. The number of rotatable bonds is 2. The summed E-state index contributed by atoms with van der Waals surface area (Å²) in [5.41, 5.74) is 1.12. The Labute approximate surface area is 98.8 Å². The molecule has 1 fully saturated rings. The Morgan fingerprint density at radius 3 is 3.00 bits per heavy atom. The summed E-state index contributed by atoms with van der Waals surface area (Å²) in [4.78, 5) is 0. The van der Waals surface area contributed by atoms with Crippen LogP contribution in [0.5, 0.6) is 0 Å². The van der Waals surface area contributed by atoms with Crippen LogP contribution in [0.25, 0.3) is 0 Å². The summed E-state index contributed by atoms with van der Waals surface area (Å²) >= 11 is 1.92. The molecule has 1 heterocycles. The molecule has 1 saturated heterocycles. The second kappa shape index (κ2) is 4.75. The number of thioether (sulfide) groups is 1. The van der Waals surface area contributed by atoms with E-state index in [2.05, 4.69) is 12.2 Å². The summed E-state index contributed by atoms with van der Waals surface area (Å²) < 4.78 is 12.9. The van der Waals surface area contributed by atoms with Crippen LogP contribution in [-0.2, 0) is 0 Å². The van der Waals surface area contributed by atoms with Gasteiger partial charge in [0.1, 0.15) is 11.9 Å². The molecule has 0 bridgehead atoms. The van der Waals surface area contributed by atoms with Crippen molar-refractivity contribution in [2.75, 3.05) is 11.1 Å². The predicted molar refractivity (Wildman–Crippen MR) is 65.1 cm³/mol. The minimum absolute atomic E-state index is 0.365. The Morgan fingerprint density at radius 1 is 1.56 bits per heavy atom. The molecule has 0 radical (unpaired) electrons. The zero-order valence-electron chi connectivity index (χ0n) is 9.03. The Kier molecular flexibility index (Phi) is 3.35. The second-order valence-electron chi connectivity index (χ2n) is 3.92. The molecule has 84 valence electrons. The monoisotopic (exact) mass is 236 g/mol. The number of benzene rings is 1. The molecule has 0 aliphatic carbocycles. The van der Waals surface area contributed by atoms with E-state index < -0.39 is 0 Å². The van der Waals surface area contributed by atoms with Crippen molar-refractivity contribution in [1.82, 2.24) is 0 Å². The summed E-state index contributed by atoms with van der Waals surface area (Å²) in [6, 6.07) is 6.69. The molecule has 2 rings (SSSR count). The highest BCUT2D eigenvalue weighted by molar-refractivity contribution is 8.00. The lowest BCUT2D eigenvalue weighted by atomic mass is 10.1. The largest absolute Gasteiger partial charge is 0.380 e. The predicted octanol–water partition coefficient (Wildman–Crippen LogP) is 3.00. The van der Waals surface area contributed by atoms with Crippen LogP contribution in [0.2, 0.25) is 0 Å². The molecule has 1 aromatic carbocycles. The van der Waals surface area contributed by atoms with E-state index in [1.54, 1.807) is 6.07 Å². The van der Waals surface area contributed by atoms with Crippen molar-refractivity contribution in [3.05, 3.63) is 29.6 Å². The molecule has 16 heavy (non-hydrogen) atoms. The van der Waals surface area contributed by atoms with Gasteiger partial charge >= 0.3 is 0 Å². The SMILES string of the molecule is CC1SCCC1Nc1ccc(F)cc1C#N. The lowest BCUT2D eigenvalue weighted by Crippen LogP contribution is -2.25. The third-order valence-corrected chi connectivity index (χ3v) is 4.14. The highest BCUT2D eigenvalue weighted by Gasteiger charge is 2.24. The number of nitriles is 1. The molecule has 1 N–H and O–H groups in total. The number of halogens is 1. The van der Waals surface area contributed by atoms with Crippen molar-refractivity contribution >= 4 is 17.4 Å². The van der Waals surface area contributed by atoms with Crippen molar-refractivity contribution in [3.63, 3.8) is 0 Å². The van der Waals surface area contributed by atoms with Gasteiger partial charge in [0.25, 0.3) is 0 Å². The smallest absolute Gasteiger partial charge is 0.124 e. The zero-order chi connectivity index (χ0) is 11.5. The highest BCUT2D eigenvalue weighted by Crippen LogP contribution is 2.29. The fourth-order valence-corrected chi connectivity index (χ4v) is 3.05. The lowest BCUT2D eigenvalue weighted by Gasteiger charge is -2.18. The number of anilines is 1. The third kappa shape index (κ3) is 2.30. The van der Waals surface area contributed by atoms with Crippen molar-refractivity contribution < 1.29 is 4.39 Å². The van der Waals surface area contributed by atoms with Crippen LogP contribution >= 0.6 is 11.8 Å². The van der Waals surface area contributed by atoms with E-state index in [1.165, 1.54) is 12.1 Å². The first-order valence-corrected chi connectivity index (χ1v) is 6.33. The fourth-order valence-electron chi connectivity index (χ4n) is 1.86. The van der Waals surface area contributed by atoms with E-state index in [0.717, 1.165) is 17.9 Å². The standard InChI is InChI=1S/C12H13FN2S/c1-8-11(4-5-16-8)15-12-3-2-10(13)6-9(12)7-14/h2-3,6,8,11,15H,4-5H2,1H3. The van der Waals surface area contributed by atoms with Crippen LogP contribution in [0.1, 0.15) is 18.9 Å². The first kappa shape index (κ1) is 11.3. The Bertz CT molecular complexity index is 428. The van der Waals surface area contributed by atoms with Crippen molar-refractivity contribution in [1.29, 1.82) is 5.26 Å². The average Bonchev–Trinajstić information content (AvgIpc) is 2.67. The summed E-state index contributed by atoms with van der Waals surface area (Å²) in [5, 5.41) is 12.8. The fraction of sp³-hybridized carbons (Fsp3) is 0.417. The Hall–Kier alpha value is -1.21. The lowest BCUT2D eigenvalue weighted by molar-refractivity contribution is 0.627. The quantitative estimate of drug-likeness (QED) is 0.857. The normalized spacial score (nSPS) is 24.1. The molecule has 1 aliphatic rings. The minimum atomic E-state index is -0.365. The molecule has 2 nitrogen and oxygen atoms in total. The molecular formula is C12H13FN2S. The van der Waals surface area contributed by atoms with E-state index >= 15 is 0 Å². The molecule has 2 unspecified atom stereocenters. The molecule has 0 aromatic heterocycles. The summed E-state index contributed by atoms with van der Waals surface area (Å²) in [5.74, 6) is 0.776. The molecule has 4 heteroatoms. The molecule has 1 aromatic rings. The maximum absolute atomic E-state index is 12.9. The van der Waals surface area contributed by atoms with E-state index in [4.69, 9.17) is 5.26 Å². The molecule has 1 aliphatic heterocycles.